The van der Waals surface area contributed by atoms with Gasteiger partial charge in [-0.3, -0.25) is 0 Å². The predicted octanol–water partition coefficient (Wildman–Crippen LogP) is 2.89. The van der Waals surface area contributed by atoms with Gasteiger partial charge >= 0.3 is 5.97 Å². The molecule has 5 heteroatoms. The summed E-state index contributed by atoms with van der Waals surface area (Å²) in [5, 5.41) is 12.4. The molecule has 5 nitrogen and oxygen atoms in total. The quantitative estimate of drug-likeness (QED) is 0.780. The van der Waals surface area contributed by atoms with Crippen LogP contribution in [-0.4, -0.2) is 22.1 Å². The molecule has 4 N–H and O–H groups in total. The van der Waals surface area contributed by atoms with Gasteiger partial charge in [-0.1, -0.05) is 32.1 Å². The molecule has 0 spiro atoms. The van der Waals surface area contributed by atoms with E-state index in [9.17, 15) is 4.79 Å². The average Bonchev–Trinajstić information content (AvgIpc) is 2.34. The molecule has 0 unspecified atom stereocenters. The van der Waals surface area contributed by atoms with Crippen molar-refractivity contribution in [2.75, 3.05) is 11.1 Å². The van der Waals surface area contributed by atoms with E-state index in [2.05, 4.69) is 10.3 Å². The zero-order valence-electron chi connectivity index (χ0n) is 11.1. The molecule has 1 aliphatic carbocycles. The van der Waals surface area contributed by atoms with E-state index in [1.54, 1.807) is 0 Å². The Morgan fingerprint density at radius 3 is 2.53 bits per heavy atom. The summed E-state index contributed by atoms with van der Waals surface area (Å²) in [7, 11) is 0. The topological polar surface area (TPSA) is 88.2 Å². The number of carboxylic acid groups (broad SMARTS) is 1. The van der Waals surface area contributed by atoms with Crippen LogP contribution in [0.5, 0.6) is 0 Å². The van der Waals surface area contributed by atoms with Crippen molar-refractivity contribution in [3.05, 3.63) is 17.8 Å². The summed E-state index contributed by atoms with van der Waals surface area (Å²) in [5.41, 5.74) is 6.21. The second-order valence-corrected chi connectivity index (χ2v) is 5.11. The molecule has 0 saturated heterocycles. The molecule has 1 aromatic heterocycles. The minimum atomic E-state index is -1.01. The Hall–Kier alpha value is -1.78. The van der Waals surface area contributed by atoms with Crippen molar-refractivity contribution in [3.8, 4) is 0 Å². The SMILES string of the molecule is Nc1c(C(=O)O)ccnc1NC1CCCCCCC1. The van der Waals surface area contributed by atoms with Crippen molar-refractivity contribution in [3.63, 3.8) is 0 Å². The molecule has 1 aliphatic rings. The highest BCUT2D eigenvalue weighted by Crippen LogP contribution is 2.24. The summed E-state index contributed by atoms with van der Waals surface area (Å²) in [6.07, 6.45) is 9.96. The number of aromatic carboxylic acids is 1. The van der Waals surface area contributed by atoms with Crippen LogP contribution in [0.25, 0.3) is 0 Å². The van der Waals surface area contributed by atoms with E-state index >= 15 is 0 Å². The van der Waals surface area contributed by atoms with E-state index < -0.39 is 5.97 Å². The Morgan fingerprint density at radius 2 is 1.89 bits per heavy atom. The van der Waals surface area contributed by atoms with Gasteiger partial charge in [0.1, 0.15) is 5.82 Å². The zero-order valence-corrected chi connectivity index (χ0v) is 11.1. The van der Waals surface area contributed by atoms with E-state index in [4.69, 9.17) is 10.8 Å². The van der Waals surface area contributed by atoms with Crippen molar-refractivity contribution in [2.24, 2.45) is 0 Å². The molecule has 1 heterocycles. The maximum Gasteiger partial charge on any atom is 0.337 e. The lowest BCUT2D eigenvalue weighted by atomic mass is 9.96. The lowest BCUT2D eigenvalue weighted by Crippen LogP contribution is -2.22. The maximum absolute atomic E-state index is 11.0. The molecule has 0 aromatic carbocycles. The number of hydrogen-bond acceptors (Lipinski definition) is 4. The van der Waals surface area contributed by atoms with Gasteiger partial charge in [0.25, 0.3) is 0 Å². The van der Waals surface area contributed by atoms with Gasteiger partial charge in [0.15, 0.2) is 0 Å². The summed E-state index contributed by atoms with van der Waals surface area (Å²) >= 11 is 0. The third-order valence-electron chi connectivity index (χ3n) is 3.67. The van der Waals surface area contributed by atoms with Crippen molar-refractivity contribution >= 4 is 17.5 Å². The largest absolute Gasteiger partial charge is 0.478 e. The minimum absolute atomic E-state index is 0.114. The Kier molecular flexibility index (Phi) is 4.60. The molecular weight excluding hydrogens is 242 g/mol. The fourth-order valence-electron chi connectivity index (χ4n) is 2.57. The highest BCUT2D eigenvalue weighted by molar-refractivity contribution is 5.96. The maximum atomic E-state index is 11.0. The molecule has 0 atom stereocenters. The van der Waals surface area contributed by atoms with Crippen LogP contribution >= 0.6 is 0 Å². The molecule has 0 aliphatic heterocycles. The first-order valence-electron chi connectivity index (χ1n) is 6.93. The van der Waals surface area contributed by atoms with Crippen LogP contribution in [0.1, 0.15) is 55.3 Å². The molecule has 1 saturated carbocycles. The molecule has 19 heavy (non-hydrogen) atoms. The Bertz CT molecular complexity index is 440. The fraction of sp³-hybridized carbons (Fsp3) is 0.571. The summed E-state index contributed by atoms with van der Waals surface area (Å²) in [4.78, 5) is 15.2. The summed E-state index contributed by atoms with van der Waals surface area (Å²) in [6.45, 7) is 0. The number of carbonyl (C=O) groups is 1. The number of nitrogens with one attached hydrogen (secondary N) is 1. The predicted molar refractivity (Wildman–Crippen MR) is 75.3 cm³/mol. The Balaban J connectivity index is 2.09. The minimum Gasteiger partial charge on any atom is -0.478 e. The molecule has 2 rings (SSSR count). The summed E-state index contributed by atoms with van der Waals surface area (Å²) < 4.78 is 0. The first kappa shape index (κ1) is 13.6. The smallest absolute Gasteiger partial charge is 0.337 e. The van der Waals surface area contributed by atoms with E-state index in [-0.39, 0.29) is 11.3 Å². The number of anilines is 2. The number of nitrogen functional groups attached to an aromatic ring is 1. The van der Waals surface area contributed by atoms with Crippen molar-refractivity contribution in [1.82, 2.24) is 4.98 Å². The van der Waals surface area contributed by atoms with Crippen LogP contribution in [0, 0.1) is 0 Å². The number of pyridine rings is 1. The monoisotopic (exact) mass is 263 g/mol. The number of nitrogens with two attached hydrogens (primary N) is 1. The van der Waals surface area contributed by atoms with Crippen molar-refractivity contribution in [2.45, 2.75) is 51.0 Å². The first-order valence-corrected chi connectivity index (χ1v) is 6.93. The van der Waals surface area contributed by atoms with Crippen molar-refractivity contribution < 1.29 is 9.90 Å². The lowest BCUT2D eigenvalue weighted by molar-refractivity contribution is 0.0698. The van der Waals surface area contributed by atoms with Gasteiger partial charge in [0.05, 0.1) is 11.3 Å². The van der Waals surface area contributed by atoms with Gasteiger partial charge in [0.2, 0.25) is 0 Å². The number of hydrogen-bond donors (Lipinski definition) is 3. The van der Waals surface area contributed by atoms with E-state index in [1.807, 2.05) is 0 Å². The third kappa shape index (κ3) is 3.59. The van der Waals surface area contributed by atoms with Crippen LogP contribution in [0.4, 0.5) is 11.5 Å². The Labute approximate surface area is 113 Å². The third-order valence-corrected chi connectivity index (χ3v) is 3.67. The second-order valence-electron chi connectivity index (χ2n) is 5.11. The number of carboxylic acids is 1. The molecule has 1 fully saturated rings. The van der Waals surface area contributed by atoms with Crippen LogP contribution in [0.3, 0.4) is 0 Å². The van der Waals surface area contributed by atoms with Gasteiger partial charge in [-0.15, -0.1) is 0 Å². The molecule has 104 valence electrons. The lowest BCUT2D eigenvalue weighted by Gasteiger charge is -2.22. The highest BCUT2D eigenvalue weighted by atomic mass is 16.4. The Morgan fingerprint density at radius 1 is 1.26 bits per heavy atom. The molecule has 0 bridgehead atoms. The number of nitrogens with zero attached hydrogens (tertiary/aromatic N) is 1. The van der Waals surface area contributed by atoms with Crippen molar-refractivity contribution in [1.29, 1.82) is 0 Å². The standard InChI is InChI=1S/C14H21N3O2/c15-12-11(14(18)19)8-9-16-13(12)17-10-6-4-2-1-3-5-7-10/h8-10H,1-7,15H2,(H,16,17)(H,18,19). The van der Waals surface area contributed by atoms with Gasteiger partial charge in [0, 0.05) is 12.2 Å². The van der Waals surface area contributed by atoms with E-state index in [1.165, 1.54) is 44.4 Å². The van der Waals surface area contributed by atoms with Crippen LogP contribution < -0.4 is 11.1 Å². The van der Waals surface area contributed by atoms with Crippen LogP contribution in [0.15, 0.2) is 12.3 Å². The van der Waals surface area contributed by atoms with Gasteiger partial charge < -0.3 is 16.2 Å². The van der Waals surface area contributed by atoms with Crippen LogP contribution in [-0.2, 0) is 0 Å². The van der Waals surface area contributed by atoms with Gasteiger partial charge in [-0.2, -0.15) is 0 Å². The normalized spacial score (nSPS) is 17.5. The van der Waals surface area contributed by atoms with Crippen LogP contribution in [0.2, 0.25) is 0 Å². The zero-order chi connectivity index (χ0) is 13.7. The number of aromatic nitrogens is 1. The van der Waals surface area contributed by atoms with E-state index in [0.29, 0.717) is 11.9 Å². The van der Waals surface area contributed by atoms with Gasteiger partial charge in [-0.25, -0.2) is 9.78 Å². The van der Waals surface area contributed by atoms with E-state index in [0.717, 1.165) is 12.8 Å². The van der Waals surface area contributed by atoms with Gasteiger partial charge in [-0.05, 0) is 18.9 Å². The molecular formula is C14H21N3O2. The number of rotatable bonds is 3. The fourth-order valence-corrected chi connectivity index (χ4v) is 2.57. The second kappa shape index (κ2) is 6.41. The summed E-state index contributed by atoms with van der Waals surface area (Å²) in [5.74, 6) is -0.508. The average molecular weight is 263 g/mol. The molecule has 0 amide bonds. The molecule has 1 aromatic rings. The highest BCUT2D eigenvalue weighted by Gasteiger charge is 2.16. The summed E-state index contributed by atoms with van der Waals surface area (Å²) in [6, 6.07) is 1.78. The molecule has 0 radical (unpaired) electrons. The first-order chi connectivity index (χ1) is 9.18.